The molecule has 2 aromatic rings. The number of hydrogen-bond donors (Lipinski definition) is 0. The van der Waals surface area contributed by atoms with Crippen molar-refractivity contribution in [3.63, 3.8) is 0 Å². The quantitative estimate of drug-likeness (QED) is 0.648. The average molecular weight is 404 g/mol. The van der Waals surface area contributed by atoms with Crippen LogP contribution in [-0.4, -0.2) is 11.7 Å². The van der Waals surface area contributed by atoms with E-state index in [4.69, 9.17) is 23.2 Å². The summed E-state index contributed by atoms with van der Waals surface area (Å²) in [6.45, 7) is 0. The number of allylic oxidation sites excluding steroid dienone is 2. The highest BCUT2D eigenvalue weighted by atomic mass is 35.5. The number of anilines is 1. The molecule has 0 bridgehead atoms. The largest absolute Gasteiger partial charge is 0.294 e. The number of carbonyl (C=O) groups excluding carboxylic acids is 2. The monoisotopic (exact) mass is 403 g/mol. The Morgan fingerprint density at radius 1 is 1.00 bits per heavy atom. The molecule has 2 aliphatic rings. The summed E-state index contributed by atoms with van der Waals surface area (Å²) in [5.74, 6) is -0.859. The number of ketones is 1. The highest BCUT2D eigenvalue weighted by Gasteiger charge is 2.40. The van der Waals surface area contributed by atoms with Crippen molar-refractivity contribution in [1.82, 2.24) is 0 Å². The first-order valence-electron chi connectivity index (χ1n) is 8.75. The van der Waals surface area contributed by atoms with Crippen LogP contribution in [0.4, 0.5) is 10.1 Å². The second kappa shape index (κ2) is 7.10. The van der Waals surface area contributed by atoms with Crippen molar-refractivity contribution in [3.8, 4) is 0 Å². The molecule has 0 saturated heterocycles. The first kappa shape index (κ1) is 18.2. The summed E-state index contributed by atoms with van der Waals surface area (Å²) in [6, 6.07) is 10.9. The first-order chi connectivity index (χ1) is 13.0. The maximum Gasteiger partial charge on any atom is 0.232 e. The third-order valence-corrected chi connectivity index (χ3v) is 5.66. The van der Waals surface area contributed by atoms with Crippen LogP contribution in [0.1, 0.15) is 37.2 Å². The molecule has 2 aromatic carbocycles. The number of rotatable bonds is 2. The van der Waals surface area contributed by atoms with Gasteiger partial charge in [-0.05, 0) is 54.8 Å². The minimum atomic E-state index is -0.387. The lowest BCUT2D eigenvalue weighted by Crippen LogP contribution is -2.40. The number of hydrogen-bond acceptors (Lipinski definition) is 2. The van der Waals surface area contributed by atoms with Gasteiger partial charge >= 0.3 is 0 Å². The number of halogens is 3. The molecule has 0 saturated carbocycles. The molecule has 4 rings (SSSR count). The van der Waals surface area contributed by atoms with E-state index in [9.17, 15) is 14.0 Å². The van der Waals surface area contributed by atoms with E-state index in [0.717, 1.165) is 5.56 Å². The molecule has 1 aliphatic heterocycles. The number of amides is 1. The van der Waals surface area contributed by atoms with Gasteiger partial charge in [0, 0.05) is 45.8 Å². The van der Waals surface area contributed by atoms with Crippen LogP contribution in [0.5, 0.6) is 0 Å². The van der Waals surface area contributed by atoms with Crippen LogP contribution in [0.25, 0.3) is 0 Å². The Morgan fingerprint density at radius 2 is 1.74 bits per heavy atom. The van der Waals surface area contributed by atoms with E-state index in [0.29, 0.717) is 46.3 Å². The van der Waals surface area contributed by atoms with Gasteiger partial charge in [0.25, 0.3) is 0 Å². The summed E-state index contributed by atoms with van der Waals surface area (Å²) < 4.78 is 13.3. The summed E-state index contributed by atoms with van der Waals surface area (Å²) in [7, 11) is 0. The Hall–Kier alpha value is -2.17. The van der Waals surface area contributed by atoms with Crippen molar-refractivity contribution in [1.29, 1.82) is 0 Å². The lowest BCUT2D eigenvalue weighted by atomic mass is 9.77. The second-order valence-electron chi connectivity index (χ2n) is 6.77. The summed E-state index contributed by atoms with van der Waals surface area (Å²) in [5.41, 5.74) is 2.64. The van der Waals surface area contributed by atoms with Crippen LogP contribution in [0.15, 0.2) is 53.7 Å². The number of nitrogens with zero attached hydrogens (tertiary/aromatic N) is 1. The van der Waals surface area contributed by atoms with Crippen molar-refractivity contribution >= 4 is 40.6 Å². The van der Waals surface area contributed by atoms with Gasteiger partial charge in [0.1, 0.15) is 5.82 Å². The fourth-order valence-corrected chi connectivity index (χ4v) is 4.47. The van der Waals surface area contributed by atoms with Gasteiger partial charge in [-0.2, -0.15) is 0 Å². The zero-order valence-corrected chi connectivity index (χ0v) is 15.9. The van der Waals surface area contributed by atoms with E-state index in [1.54, 1.807) is 35.2 Å². The standard InChI is InChI=1S/C21H16Cl2FNO2/c22-12-4-9-15(17(23)10-12)16-11-20(27)25(14-7-5-13(24)6-8-14)18-2-1-3-19(26)21(16)18/h4-10,16H,1-3,11H2/t16-/m0/s1. The summed E-state index contributed by atoms with van der Waals surface area (Å²) in [5, 5.41) is 0.948. The zero-order chi connectivity index (χ0) is 19.1. The van der Waals surface area contributed by atoms with Gasteiger partial charge in [0.05, 0.1) is 0 Å². The van der Waals surface area contributed by atoms with Gasteiger partial charge in [0.15, 0.2) is 5.78 Å². The molecule has 0 fully saturated rings. The molecule has 1 amide bonds. The van der Waals surface area contributed by atoms with Gasteiger partial charge in [-0.3, -0.25) is 14.5 Å². The fourth-order valence-electron chi connectivity index (χ4n) is 3.93. The predicted molar refractivity (Wildman–Crippen MR) is 104 cm³/mol. The van der Waals surface area contributed by atoms with Gasteiger partial charge < -0.3 is 0 Å². The molecule has 1 heterocycles. The maximum atomic E-state index is 13.3. The third kappa shape index (κ3) is 3.28. The molecule has 0 spiro atoms. The van der Waals surface area contributed by atoms with E-state index in [1.807, 2.05) is 0 Å². The Kier molecular flexibility index (Phi) is 4.79. The zero-order valence-electron chi connectivity index (χ0n) is 14.3. The van der Waals surface area contributed by atoms with Crippen molar-refractivity contribution in [2.45, 2.75) is 31.6 Å². The van der Waals surface area contributed by atoms with Crippen molar-refractivity contribution < 1.29 is 14.0 Å². The summed E-state index contributed by atoms with van der Waals surface area (Å²) >= 11 is 12.4. The molecule has 0 aromatic heterocycles. The lowest BCUT2D eigenvalue weighted by molar-refractivity contribution is -0.119. The first-order valence-corrected chi connectivity index (χ1v) is 9.51. The molecule has 0 radical (unpaired) electrons. The smallest absolute Gasteiger partial charge is 0.232 e. The predicted octanol–water partition coefficient (Wildman–Crippen LogP) is 5.66. The Bertz CT molecular complexity index is 969. The average Bonchev–Trinajstić information content (AvgIpc) is 2.62. The molecule has 0 unspecified atom stereocenters. The van der Waals surface area contributed by atoms with Crippen LogP contribution >= 0.6 is 23.2 Å². The van der Waals surface area contributed by atoms with E-state index in [-0.39, 0.29) is 29.8 Å². The Balaban J connectivity index is 1.87. The van der Waals surface area contributed by atoms with E-state index < -0.39 is 0 Å². The summed E-state index contributed by atoms with van der Waals surface area (Å²) in [4.78, 5) is 27.4. The van der Waals surface area contributed by atoms with E-state index in [1.165, 1.54) is 12.1 Å². The van der Waals surface area contributed by atoms with Crippen LogP contribution in [0, 0.1) is 5.82 Å². The molecule has 138 valence electrons. The molecule has 1 atom stereocenters. The van der Waals surface area contributed by atoms with Crippen molar-refractivity contribution in [2.75, 3.05) is 4.90 Å². The molecular weight excluding hydrogens is 388 g/mol. The Morgan fingerprint density at radius 3 is 2.44 bits per heavy atom. The minimum absolute atomic E-state index is 0.0341. The number of benzene rings is 2. The number of Topliss-reactive ketones (excluding diaryl/α,β-unsaturated/α-hetero) is 1. The van der Waals surface area contributed by atoms with Crippen LogP contribution in [-0.2, 0) is 9.59 Å². The minimum Gasteiger partial charge on any atom is -0.294 e. The molecule has 3 nitrogen and oxygen atoms in total. The van der Waals surface area contributed by atoms with Crippen LogP contribution in [0.3, 0.4) is 0 Å². The fraction of sp³-hybridized carbons (Fsp3) is 0.238. The van der Waals surface area contributed by atoms with E-state index in [2.05, 4.69) is 0 Å². The van der Waals surface area contributed by atoms with E-state index >= 15 is 0 Å². The molecule has 1 aliphatic carbocycles. The Labute approximate surface area is 166 Å². The van der Waals surface area contributed by atoms with Crippen LogP contribution < -0.4 is 4.90 Å². The third-order valence-electron chi connectivity index (χ3n) is 5.10. The summed E-state index contributed by atoms with van der Waals surface area (Å²) in [6.07, 6.45) is 1.88. The van der Waals surface area contributed by atoms with Crippen LogP contribution in [0.2, 0.25) is 10.0 Å². The molecule has 6 heteroatoms. The van der Waals surface area contributed by atoms with Gasteiger partial charge in [0.2, 0.25) is 5.91 Å². The molecule has 0 N–H and O–H groups in total. The normalized spacial score (nSPS) is 20.1. The SMILES string of the molecule is O=C1CCCC2=C1[C@H](c1ccc(Cl)cc1Cl)CC(=O)N2c1ccc(F)cc1. The highest BCUT2D eigenvalue weighted by Crippen LogP contribution is 2.45. The van der Waals surface area contributed by atoms with Crippen molar-refractivity contribution in [3.05, 3.63) is 75.2 Å². The number of carbonyl (C=O) groups is 2. The molecular formula is C21H16Cl2FNO2. The van der Waals surface area contributed by atoms with Gasteiger partial charge in [-0.1, -0.05) is 29.3 Å². The maximum absolute atomic E-state index is 13.3. The second-order valence-corrected chi connectivity index (χ2v) is 7.61. The highest BCUT2D eigenvalue weighted by molar-refractivity contribution is 6.35. The van der Waals surface area contributed by atoms with Gasteiger partial charge in [-0.25, -0.2) is 4.39 Å². The van der Waals surface area contributed by atoms with Gasteiger partial charge in [-0.15, -0.1) is 0 Å². The topological polar surface area (TPSA) is 37.4 Å². The van der Waals surface area contributed by atoms with Crippen molar-refractivity contribution in [2.24, 2.45) is 0 Å². The molecule has 27 heavy (non-hydrogen) atoms. The lowest BCUT2D eigenvalue weighted by Gasteiger charge is -2.38.